The molecule has 0 radical (unpaired) electrons. The Morgan fingerprint density at radius 2 is 1.71 bits per heavy atom. The Kier molecular flexibility index (Phi) is 4.42. The molecule has 1 heterocycles. The van der Waals surface area contributed by atoms with E-state index >= 15 is 0 Å². The van der Waals surface area contributed by atoms with Gasteiger partial charge in [-0.1, -0.05) is 11.8 Å². The summed E-state index contributed by atoms with van der Waals surface area (Å²) in [6.45, 7) is 0. The highest BCUT2D eigenvalue weighted by atomic mass is 32.2. The Bertz CT molecular complexity index is 757. The molecule has 24 heavy (non-hydrogen) atoms. The molecular weight excluding hydrogens is 354 g/mol. The van der Waals surface area contributed by atoms with E-state index in [1.165, 1.54) is 6.07 Å². The van der Waals surface area contributed by atoms with E-state index in [4.69, 9.17) is 4.74 Å². The standard InChI is InChI=1S/C16H10F6OS/c17-8-5-9(18)7-10(6-8)23-12-1-2-13-11(14(12)15(19)20)3-4-16(21,22)24-13/h1-2,5-7,15H,3-4H2. The van der Waals surface area contributed by atoms with Crippen LogP contribution in [-0.2, 0) is 6.42 Å². The fourth-order valence-corrected chi connectivity index (χ4v) is 3.50. The molecule has 0 saturated carbocycles. The topological polar surface area (TPSA) is 9.23 Å². The fourth-order valence-electron chi connectivity index (χ4n) is 2.50. The SMILES string of the molecule is Fc1cc(F)cc(Oc2ccc3c(c2C(F)F)CCC(F)(F)S3)c1. The number of benzene rings is 2. The summed E-state index contributed by atoms with van der Waals surface area (Å²) in [7, 11) is 0. The number of alkyl halides is 4. The van der Waals surface area contributed by atoms with Gasteiger partial charge in [0.05, 0.1) is 5.56 Å². The van der Waals surface area contributed by atoms with E-state index in [2.05, 4.69) is 0 Å². The number of ether oxygens (including phenoxy) is 1. The molecule has 8 heteroatoms. The quantitative estimate of drug-likeness (QED) is 0.589. The molecular formula is C16H10F6OS. The summed E-state index contributed by atoms with van der Waals surface area (Å²) in [5, 5.41) is -3.01. The van der Waals surface area contributed by atoms with Gasteiger partial charge in [-0.25, -0.2) is 17.6 Å². The molecule has 0 amide bonds. The fraction of sp³-hybridized carbons (Fsp3) is 0.250. The highest BCUT2D eigenvalue weighted by Gasteiger charge is 2.37. The largest absolute Gasteiger partial charge is 0.457 e. The van der Waals surface area contributed by atoms with Gasteiger partial charge >= 0.3 is 0 Å². The van der Waals surface area contributed by atoms with Crippen molar-refractivity contribution >= 4 is 11.8 Å². The van der Waals surface area contributed by atoms with Gasteiger partial charge in [-0.2, -0.15) is 8.78 Å². The van der Waals surface area contributed by atoms with Gasteiger partial charge in [0.15, 0.2) is 0 Å². The average Bonchev–Trinajstić information content (AvgIpc) is 2.45. The zero-order chi connectivity index (χ0) is 17.5. The van der Waals surface area contributed by atoms with Crippen LogP contribution in [0.25, 0.3) is 0 Å². The molecule has 0 spiro atoms. The molecule has 0 atom stereocenters. The molecule has 2 aromatic carbocycles. The maximum absolute atomic E-state index is 13.4. The molecule has 2 aromatic rings. The van der Waals surface area contributed by atoms with Gasteiger partial charge < -0.3 is 4.74 Å². The van der Waals surface area contributed by atoms with Crippen molar-refractivity contribution in [1.82, 2.24) is 0 Å². The van der Waals surface area contributed by atoms with E-state index in [9.17, 15) is 26.3 Å². The van der Waals surface area contributed by atoms with Gasteiger partial charge in [0.25, 0.3) is 11.7 Å². The van der Waals surface area contributed by atoms with Crippen molar-refractivity contribution in [3.8, 4) is 11.5 Å². The Labute approximate surface area is 137 Å². The normalized spacial score (nSPS) is 16.1. The van der Waals surface area contributed by atoms with E-state index < -0.39 is 35.3 Å². The third kappa shape index (κ3) is 3.48. The van der Waals surface area contributed by atoms with E-state index in [1.807, 2.05) is 0 Å². The first-order valence-corrected chi connectivity index (χ1v) is 7.71. The predicted octanol–water partition coefficient (Wildman–Crippen LogP) is 6.33. The second-order valence-electron chi connectivity index (χ2n) is 5.20. The number of halogens is 6. The van der Waals surface area contributed by atoms with E-state index in [1.54, 1.807) is 0 Å². The Balaban J connectivity index is 2.02. The van der Waals surface area contributed by atoms with Gasteiger partial charge in [0.1, 0.15) is 23.1 Å². The highest BCUT2D eigenvalue weighted by Crippen LogP contribution is 2.49. The summed E-state index contributed by atoms with van der Waals surface area (Å²) in [4.78, 5) is 0.0549. The molecule has 1 nitrogen and oxygen atoms in total. The molecule has 1 aliphatic heterocycles. The highest BCUT2D eigenvalue weighted by molar-refractivity contribution is 8.00. The maximum Gasteiger partial charge on any atom is 0.298 e. The van der Waals surface area contributed by atoms with Crippen LogP contribution in [0.15, 0.2) is 35.2 Å². The lowest BCUT2D eigenvalue weighted by Gasteiger charge is -2.26. The molecule has 128 valence electrons. The van der Waals surface area contributed by atoms with Crippen LogP contribution in [0.4, 0.5) is 26.3 Å². The van der Waals surface area contributed by atoms with Gasteiger partial charge in [-0.15, -0.1) is 0 Å². The minimum atomic E-state index is -3.01. The van der Waals surface area contributed by atoms with Crippen LogP contribution >= 0.6 is 11.8 Å². The Morgan fingerprint density at radius 3 is 2.33 bits per heavy atom. The second-order valence-corrected chi connectivity index (χ2v) is 6.44. The summed E-state index contributed by atoms with van der Waals surface area (Å²) in [5.74, 6) is -2.43. The zero-order valence-corrected chi connectivity index (χ0v) is 12.8. The number of thioether (sulfide) groups is 1. The molecule has 1 aliphatic rings. The molecule has 0 fully saturated rings. The van der Waals surface area contributed by atoms with Crippen molar-refractivity contribution in [2.24, 2.45) is 0 Å². The number of rotatable bonds is 3. The lowest BCUT2D eigenvalue weighted by atomic mass is 10.0. The average molecular weight is 364 g/mol. The lowest BCUT2D eigenvalue weighted by molar-refractivity contribution is 0.0916. The van der Waals surface area contributed by atoms with Gasteiger partial charge in [-0.3, -0.25) is 0 Å². The number of hydrogen-bond acceptors (Lipinski definition) is 2. The van der Waals surface area contributed by atoms with Crippen molar-refractivity contribution in [3.63, 3.8) is 0 Å². The molecule has 0 aromatic heterocycles. The summed E-state index contributed by atoms with van der Waals surface area (Å²) < 4.78 is 85.3. The smallest absolute Gasteiger partial charge is 0.298 e. The van der Waals surface area contributed by atoms with E-state index in [0.717, 1.165) is 18.2 Å². The molecule has 0 bridgehead atoms. The number of fused-ring (bicyclic) bond motifs is 1. The summed E-state index contributed by atoms with van der Waals surface area (Å²) in [6.07, 6.45) is -3.77. The summed E-state index contributed by atoms with van der Waals surface area (Å²) >= 11 is 0.223. The monoisotopic (exact) mass is 364 g/mol. The summed E-state index contributed by atoms with van der Waals surface area (Å²) in [5.41, 5.74) is -0.449. The molecule has 0 unspecified atom stereocenters. The minimum absolute atomic E-state index is 0.0549. The zero-order valence-electron chi connectivity index (χ0n) is 12.0. The van der Waals surface area contributed by atoms with Crippen LogP contribution in [0, 0.1) is 11.6 Å². The van der Waals surface area contributed by atoms with Crippen molar-refractivity contribution in [3.05, 3.63) is 53.1 Å². The van der Waals surface area contributed by atoms with Crippen LogP contribution in [0.5, 0.6) is 11.5 Å². The summed E-state index contributed by atoms with van der Waals surface area (Å²) in [6, 6.07) is 4.68. The van der Waals surface area contributed by atoms with E-state index in [0.29, 0.717) is 6.07 Å². The van der Waals surface area contributed by atoms with Crippen molar-refractivity contribution in [2.45, 2.75) is 29.4 Å². The molecule has 3 rings (SSSR count). The number of hydrogen-bond donors (Lipinski definition) is 0. The predicted molar refractivity (Wildman–Crippen MR) is 77.0 cm³/mol. The van der Waals surface area contributed by atoms with Crippen molar-refractivity contribution < 1.29 is 31.1 Å². The van der Waals surface area contributed by atoms with E-state index in [-0.39, 0.29) is 40.1 Å². The van der Waals surface area contributed by atoms with Crippen LogP contribution < -0.4 is 4.74 Å². The third-order valence-electron chi connectivity index (χ3n) is 3.48. The first kappa shape index (κ1) is 17.0. The maximum atomic E-state index is 13.4. The minimum Gasteiger partial charge on any atom is -0.457 e. The van der Waals surface area contributed by atoms with Gasteiger partial charge in [0.2, 0.25) is 0 Å². The second kappa shape index (κ2) is 6.23. The lowest BCUT2D eigenvalue weighted by Crippen LogP contribution is -2.18. The molecule has 0 saturated heterocycles. The van der Waals surface area contributed by atoms with Gasteiger partial charge in [0, 0.05) is 29.5 Å². The van der Waals surface area contributed by atoms with Crippen molar-refractivity contribution in [1.29, 1.82) is 0 Å². The van der Waals surface area contributed by atoms with Crippen molar-refractivity contribution in [2.75, 3.05) is 0 Å². The first-order valence-electron chi connectivity index (χ1n) is 6.90. The Morgan fingerprint density at radius 1 is 1.04 bits per heavy atom. The van der Waals surface area contributed by atoms with Crippen LogP contribution in [-0.4, -0.2) is 5.25 Å². The van der Waals surface area contributed by atoms with Crippen LogP contribution in [0.3, 0.4) is 0 Å². The molecule has 0 N–H and O–H groups in total. The third-order valence-corrected chi connectivity index (χ3v) is 4.59. The van der Waals surface area contributed by atoms with Crippen LogP contribution in [0.1, 0.15) is 24.0 Å². The van der Waals surface area contributed by atoms with Gasteiger partial charge in [-0.05, 0) is 24.1 Å². The first-order chi connectivity index (χ1) is 11.2. The van der Waals surface area contributed by atoms with Crippen LogP contribution in [0.2, 0.25) is 0 Å². The Hall–Kier alpha value is -1.83. The molecule has 0 aliphatic carbocycles.